The molecule has 5 nitrogen and oxygen atoms in total. The van der Waals surface area contributed by atoms with Gasteiger partial charge >= 0.3 is 5.97 Å². The van der Waals surface area contributed by atoms with Crippen LogP contribution in [0.3, 0.4) is 0 Å². The zero-order valence-corrected chi connectivity index (χ0v) is 12.1. The number of H-pyrrole nitrogens is 1. The molecule has 0 bridgehead atoms. The Hall–Kier alpha value is -3.34. The SMILES string of the molecule is O=C(O)C(=Cc1c[nH]c2ccccc12)NC(=O)c1ccccc1. The third kappa shape index (κ3) is 3.13. The number of nitrogens with one attached hydrogen (secondary N) is 2. The van der Waals surface area contributed by atoms with Crippen molar-refractivity contribution < 1.29 is 14.7 Å². The largest absolute Gasteiger partial charge is 0.477 e. The molecule has 1 aromatic heterocycles. The van der Waals surface area contributed by atoms with Gasteiger partial charge in [-0.15, -0.1) is 0 Å². The number of carbonyl (C=O) groups excluding carboxylic acids is 1. The van der Waals surface area contributed by atoms with Gasteiger partial charge in [-0.05, 0) is 24.3 Å². The van der Waals surface area contributed by atoms with Crippen LogP contribution >= 0.6 is 0 Å². The van der Waals surface area contributed by atoms with E-state index in [1.54, 1.807) is 36.5 Å². The molecule has 23 heavy (non-hydrogen) atoms. The molecule has 0 atom stereocenters. The van der Waals surface area contributed by atoms with Crippen molar-refractivity contribution in [2.45, 2.75) is 0 Å². The molecule has 0 aliphatic heterocycles. The van der Waals surface area contributed by atoms with E-state index in [1.807, 2.05) is 24.3 Å². The number of hydrogen-bond acceptors (Lipinski definition) is 2. The standard InChI is InChI=1S/C18H14N2O3/c21-17(12-6-2-1-3-7-12)20-16(18(22)23)10-13-11-19-15-9-5-4-8-14(13)15/h1-11,19H,(H,20,21)(H,22,23). The summed E-state index contributed by atoms with van der Waals surface area (Å²) in [6.45, 7) is 0. The number of benzene rings is 2. The Morgan fingerprint density at radius 3 is 2.43 bits per heavy atom. The van der Waals surface area contributed by atoms with Gasteiger partial charge < -0.3 is 15.4 Å². The number of fused-ring (bicyclic) bond motifs is 1. The van der Waals surface area contributed by atoms with E-state index >= 15 is 0 Å². The van der Waals surface area contributed by atoms with Gasteiger partial charge in [0.05, 0.1) is 0 Å². The van der Waals surface area contributed by atoms with E-state index in [2.05, 4.69) is 10.3 Å². The minimum absolute atomic E-state index is 0.177. The lowest BCUT2D eigenvalue weighted by atomic mass is 10.1. The number of carboxylic acids is 1. The van der Waals surface area contributed by atoms with Crippen LogP contribution in [-0.4, -0.2) is 22.0 Å². The summed E-state index contributed by atoms with van der Waals surface area (Å²) in [6.07, 6.45) is 3.16. The van der Waals surface area contributed by atoms with Crippen molar-refractivity contribution in [1.29, 1.82) is 0 Å². The van der Waals surface area contributed by atoms with Gasteiger partial charge in [-0.2, -0.15) is 0 Å². The molecule has 0 aliphatic carbocycles. The lowest BCUT2D eigenvalue weighted by Gasteiger charge is -2.06. The number of hydrogen-bond donors (Lipinski definition) is 3. The van der Waals surface area contributed by atoms with Crippen LogP contribution in [0.5, 0.6) is 0 Å². The molecule has 0 spiro atoms. The zero-order valence-electron chi connectivity index (χ0n) is 12.1. The Morgan fingerprint density at radius 1 is 1.00 bits per heavy atom. The molecule has 3 N–H and O–H groups in total. The van der Waals surface area contributed by atoms with Crippen molar-refractivity contribution in [2.75, 3.05) is 0 Å². The summed E-state index contributed by atoms with van der Waals surface area (Å²) in [6, 6.07) is 16.0. The first-order chi connectivity index (χ1) is 11.1. The molecule has 114 valence electrons. The van der Waals surface area contributed by atoms with E-state index in [0.29, 0.717) is 11.1 Å². The van der Waals surface area contributed by atoms with Crippen LogP contribution in [0.1, 0.15) is 15.9 Å². The van der Waals surface area contributed by atoms with Gasteiger partial charge in [-0.1, -0.05) is 36.4 Å². The summed E-state index contributed by atoms with van der Waals surface area (Å²) >= 11 is 0. The van der Waals surface area contributed by atoms with E-state index < -0.39 is 11.9 Å². The first kappa shape index (κ1) is 14.6. The molecule has 2 aromatic carbocycles. The number of rotatable bonds is 4. The molecule has 3 aromatic rings. The second-order valence-corrected chi connectivity index (χ2v) is 4.97. The van der Waals surface area contributed by atoms with E-state index in [1.165, 1.54) is 6.08 Å². The third-order valence-electron chi connectivity index (χ3n) is 3.44. The number of aromatic amines is 1. The topological polar surface area (TPSA) is 82.2 Å². The second kappa shape index (κ2) is 6.19. The summed E-state index contributed by atoms with van der Waals surface area (Å²) in [5.74, 6) is -1.65. The van der Waals surface area contributed by atoms with Crippen LogP contribution in [0, 0.1) is 0 Å². The molecule has 0 saturated heterocycles. The summed E-state index contributed by atoms with van der Waals surface area (Å²) in [5.41, 5.74) is 1.83. The first-order valence-corrected chi connectivity index (χ1v) is 7.02. The normalized spacial score (nSPS) is 11.4. The van der Waals surface area contributed by atoms with Crippen LogP contribution in [0.25, 0.3) is 17.0 Å². The van der Waals surface area contributed by atoms with E-state index in [9.17, 15) is 14.7 Å². The quantitative estimate of drug-likeness (QED) is 0.648. The van der Waals surface area contributed by atoms with Gasteiger partial charge in [0.25, 0.3) is 5.91 Å². The van der Waals surface area contributed by atoms with E-state index in [0.717, 1.165) is 10.9 Å². The minimum atomic E-state index is -1.19. The van der Waals surface area contributed by atoms with Crippen molar-refractivity contribution in [3.63, 3.8) is 0 Å². The van der Waals surface area contributed by atoms with Crippen LogP contribution < -0.4 is 5.32 Å². The van der Waals surface area contributed by atoms with Crippen LogP contribution in [0.4, 0.5) is 0 Å². The van der Waals surface area contributed by atoms with Crippen molar-refractivity contribution in [2.24, 2.45) is 0 Å². The minimum Gasteiger partial charge on any atom is -0.477 e. The molecular formula is C18H14N2O3. The Bertz CT molecular complexity index is 895. The lowest BCUT2D eigenvalue weighted by Crippen LogP contribution is -2.27. The van der Waals surface area contributed by atoms with E-state index in [-0.39, 0.29) is 5.70 Å². The molecule has 0 saturated carbocycles. The first-order valence-electron chi connectivity index (χ1n) is 7.02. The van der Waals surface area contributed by atoms with Crippen LogP contribution in [-0.2, 0) is 4.79 Å². The fourth-order valence-electron chi connectivity index (χ4n) is 2.30. The highest BCUT2D eigenvalue weighted by molar-refractivity contribution is 6.04. The van der Waals surface area contributed by atoms with Gasteiger partial charge in [0, 0.05) is 28.2 Å². The summed E-state index contributed by atoms with van der Waals surface area (Å²) in [4.78, 5) is 26.6. The average Bonchev–Trinajstić information content (AvgIpc) is 2.98. The van der Waals surface area contributed by atoms with Gasteiger partial charge in [0.15, 0.2) is 0 Å². The third-order valence-corrected chi connectivity index (χ3v) is 3.44. The Kier molecular flexibility index (Phi) is 3.93. The van der Waals surface area contributed by atoms with Crippen molar-refractivity contribution >= 4 is 28.9 Å². The molecular weight excluding hydrogens is 292 g/mol. The maximum absolute atomic E-state index is 12.1. The van der Waals surface area contributed by atoms with Gasteiger partial charge in [0.2, 0.25) is 0 Å². The fraction of sp³-hybridized carbons (Fsp3) is 0. The highest BCUT2D eigenvalue weighted by atomic mass is 16.4. The van der Waals surface area contributed by atoms with Crippen LogP contribution in [0.2, 0.25) is 0 Å². The molecule has 0 fully saturated rings. The van der Waals surface area contributed by atoms with Crippen LogP contribution in [0.15, 0.2) is 66.5 Å². The molecule has 5 heteroatoms. The Balaban J connectivity index is 1.93. The smallest absolute Gasteiger partial charge is 0.352 e. The van der Waals surface area contributed by atoms with Gasteiger partial charge in [0.1, 0.15) is 5.70 Å². The maximum Gasteiger partial charge on any atom is 0.352 e. The summed E-state index contributed by atoms with van der Waals surface area (Å²) in [7, 11) is 0. The monoisotopic (exact) mass is 306 g/mol. The van der Waals surface area contributed by atoms with Gasteiger partial charge in [-0.3, -0.25) is 4.79 Å². The number of para-hydroxylation sites is 1. The highest BCUT2D eigenvalue weighted by Crippen LogP contribution is 2.20. The predicted molar refractivity (Wildman–Crippen MR) is 87.8 cm³/mol. The molecule has 1 amide bonds. The predicted octanol–water partition coefficient (Wildman–Crippen LogP) is 3.02. The summed E-state index contributed by atoms with van der Waals surface area (Å²) < 4.78 is 0. The van der Waals surface area contributed by atoms with E-state index in [4.69, 9.17) is 0 Å². The number of amides is 1. The lowest BCUT2D eigenvalue weighted by molar-refractivity contribution is -0.132. The van der Waals surface area contributed by atoms with Gasteiger partial charge in [-0.25, -0.2) is 4.79 Å². The summed E-state index contributed by atoms with van der Waals surface area (Å²) in [5, 5.41) is 12.7. The second-order valence-electron chi connectivity index (χ2n) is 4.97. The number of aromatic nitrogens is 1. The Morgan fingerprint density at radius 2 is 1.70 bits per heavy atom. The fourth-order valence-corrected chi connectivity index (χ4v) is 2.30. The molecule has 3 rings (SSSR count). The Labute approximate surface area is 132 Å². The highest BCUT2D eigenvalue weighted by Gasteiger charge is 2.14. The zero-order chi connectivity index (χ0) is 16.2. The molecule has 0 aliphatic rings. The van der Waals surface area contributed by atoms with Crippen molar-refractivity contribution in [1.82, 2.24) is 10.3 Å². The molecule has 1 heterocycles. The average molecular weight is 306 g/mol. The van der Waals surface area contributed by atoms with Crippen molar-refractivity contribution in [3.05, 3.63) is 77.6 Å². The number of aliphatic carboxylic acids is 1. The molecule has 0 radical (unpaired) electrons. The maximum atomic E-state index is 12.1. The van der Waals surface area contributed by atoms with Crippen molar-refractivity contribution in [3.8, 4) is 0 Å². The molecule has 0 unspecified atom stereocenters. The number of carboxylic acid groups (broad SMARTS) is 1. The number of carbonyl (C=O) groups is 2.